The highest BCUT2D eigenvalue weighted by Gasteiger charge is 2.01. The van der Waals surface area contributed by atoms with E-state index in [1.807, 2.05) is 30.3 Å². The highest BCUT2D eigenvalue weighted by Crippen LogP contribution is 2.19. The van der Waals surface area contributed by atoms with E-state index in [9.17, 15) is 4.79 Å². The lowest BCUT2D eigenvalue weighted by molar-refractivity contribution is -0.109. The first-order chi connectivity index (χ1) is 9.16. The molecule has 0 aliphatic carbocycles. The normalized spacial score (nSPS) is 10.0. The summed E-state index contributed by atoms with van der Waals surface area (Å²) in [4.78, 5) is 15.1. The van der Waals surface area contributed by atoms with Crippen molar-refractivity contribution in [3.05, 3.63) is 41.0 Å². The molecule has 1 heterocycles. The Bertz CT molecular complexity index is 673. The molecule has 0 atom stereocenters. The molecule has 0 unspecified atom stereocenters. The molecule has 0 aliphatic heterocycles. The molecule has 19 heavy (non-hydrogen) atoms. The van der Waals surface area contributed by atoms with Gasteiger partial charge < -0.3 is 0 Å². The van der Waals surface area contributed by atoms with Crippen LogP contribution < -0.4 is 0 Å². The largest absolute Gasteiger partial charge is 0.288 e. The van der Waals surface area contributed by atoms with Crippen LogP contribution in [0.25, 0.3) is 10.9 Å². The van der Waals surface area contributed by atoms with E-state index in [1.54, 1.807) is 6.92 Å². The number of fused-ring (bicyclic) bond motifs is 1. The zero-order valence-electron chi connectivity index (χ0n) is 10.4. The van der Waals surface area contributed by atoms with E-state index in [1.165, 1.54) is 11.8 Å². The number of carbonyl (C=O) groups is 1. The number of thioether (sulfide) groups is 1. The van der Waals surface area contributed by atoms with Gasteiger partial charge >= 0.3 is 0 Å². The van der Waals surface area contributed by atoms with E-state index in [0.29, 0.717) is 17.3 Å². The van der Waals surface area contributed by atoms with Crippen LogP contribution in [0.2, 0.25) is 5.15 Å². The van der Waals surface area contributed by atoms with Crippen molar-refractivity contribution < 1.29 is 4.79 Å². The van der Waals surface area contributed by atoms with Crippen LogP contribution in [0.1, 0.15) is 18.9 Å². The van der Waals surface area contributed by atoms with Crippen LogP contribution in [-0.4, -0.2) is 15.9 Å². The van der Waals surface area contributed by atoms with Crippen molar-refractivity contribution in [1.29, 1.82) is 0 Å². The zero-order valence-corrected chi connectivity index (χ0v) is 12.0. The Balaban J connectivity index is 2.14. The van der Waals surface area contributed by atoms with E-state index < -0.39 is 0 Å². The average molecular weight is 290 g/mol. The molecule has 0 N–H and O–H groups in total. The second-order valence-corrected chi connectivity index (χ2v) is 5.54. The molecule has 0 aliphatic rings. The van der Waals surface area contributed by atoms with Gasteiger partial charge in [0.1, 0.15) is 5.15 Å². The van der Waals surface area contributed by atoms with Gasteiger partial charge in [-0.05, 0) is 12.1 Å². The van der Waals surface area contributed by atoms with Crippen molar-refractivity contribution in [3.63, 3.8) is 0 Å². The van der Waals surface area contributed by atoms with Crippen molar-refractivity contribution in [2.75, 3.05) is 5.75 Å². The SMILES string of the molecule is CC(=O)SCCC#Cc1cc2ccccc2nc1Cl. The second kappa shape index (κ2) is 6.60. The zero-order chi connectivity index (χ0) is 13.7. The van der Waals surface area contributed by atoms with E-state index in [4.69, 9.17) is 11.6 Å². The van der Waals surface area contributed by atoms with E-state index in [2.05, 4.69) is 16.8 Å². The second-order valence-electron chi connectivity index (χ2n) is 3.91. The first-order valence-electron chi connectivity index (χ1n) is 5.84. The number of halogens is 1. The van der Waals surface area contributed by atoms with Gasteiger partial charge in [0.2, 0.25) is 0 Å². The Hall–Kier alpha value is -1.50. The molecular formula is C15H12ClNOS. The number of rotatable bonds is 2. The summed E-state index contributed by atoms with van der Waals surface area (Å²) in [6.45, 7) is 1.56. The molecule has 1 aromatic heterocycles. The van der Waals surface area contributed by atoms with Crippen LogP contribution in [0, 0.1) is 11.8 Å². The Morgan fingerprint density at radius 3 is 3.00 bits per heavy atom. The molecule has 0 saturated carbocycles. The van der Waals surface area contributed by atoms with Crippen molar-refractivity contribution >= 4 is 39.4 Å². The Morgan fingerprint density at radius 1 is 1.42 bits per heavy atom. The molecule has 0 radical (unpaired) electrons. The molecule has 0 saturated heterocycles. The Labute approximate surface area is 121 Å². The first kappa shape index (κ1) is 13.9. The summed E-state index contributed by atoms with van der Waals surface area (Å²) in [5, 5.41) is 1.56. The predicted octanol–water partition coefficient (Wildman–Crippen LogP) is 3.91. The van der Waals surface area contributed by atoms with Crippen LogP contribution >= 0.6 is 23.4 Å². The molecule has 96 valence electrons. The van der Waals surface area contributed by atoms with Crippen LogP contribution in [0.3, 0.4) is 0 Å². The van der Waals surface area contributed by atoms with Crippen molar-refractivity contribution in [2.45, 2.75) is 13.3 Å². The monoisotopic (exact) mass is 289 g/mol. The minimum Gasteiger partial charge on any atom is -0.288 e. The molecule has 0 amide bonds. The average Bonchev–Trinajstić information content (AvgIpc) is 2.38. The lowest BCUT2D eigenvalue weighted by Gasteiger charge is -1.99. The Morgan fingerprint density at radius 2 is 2.21 bits per heavy atom. The van der Waals surface area contributed by atoms with Crippen LogP contribution in [-0.2, 0) is 4.79 Å². The molecule has 2 aromatic rings. The van der Waals surface area contributed by atoms with E-state index in [-0.39, 0.29) is 5.12 Å². The molecule has 4 heteroatoms. The highest BCUT2D eigenvalue weighted by molar-refractivity contribution is 8.13. The van der Waals surface area contributed by atoms with Crippen LogP contribution in [0.4, 0.5) is 0 Å². The van der Waals surface area contributed by atoms with Gasteiger partial charge in [-0.25, -0.2) is 4.98 Å². The van der Waals surface area contributed by atoms with Gasteiger partial charge in [0.05, 0.1) is 11.1 Å². The number of hydrogen-bond acceptors (Lipinski definition) is 3. The topological polar surface area (TPSA) is 30.0 Å². The molecule has 1 aromatic carbocycles. The minimum atomic E-state index is 0.118. The third-order valence-electron chi connectivity index (χ3n) is 2.43. The summed E-state index contributed by atoms with van der Waals surface area (Å²) in [5.41, 5.74) is 1.60. The van der Waals surface area contributed by atoms with Crippen LogP contribution in [0.5, 0.6) is 0 Å². The van der Waals surface area contributed by atoms with E-state index in [0.717, 1.165) is 16.5 Å². The van der Waals surface area contributed by atoms with Crippen molar-refractivity contribution in [2.24, 2.45) is 0 Å². The molecule has 0 fully saturated rings. The van der Waals surface area contributed by atoms with E-state index >= 15 is 0 Å². The summed E-state index contributed by atoms with van der Waals surface area (Å²) in [6.07, 6.45) is 0.660. The van der Waals surface area contributed by atoms with Gasteiger partial charge in [-0.1, -0.05) is 53.4 Å². The van der Waals surface area contributed by atoms with Gasteiger partial charge in [0.15, 0.2) is 5.12 Å². The summed E-state index contributed by atoms with van der Waals surface area (Å²) in [5.74, 6) is 6.73. The maximum Gasteiger partial charge on any atom is 0.185 e. The molecule has 2 nitrogen and oxygen atoms in total. The first-order valence-corrected chi connectivity index (χ1v) is 7.20. The summed E-state index contributed by atoms with van der Waals surface area (Å²) in [7, 11) is 0. The lowest BCUT2D eigenvalue weighted by Crippen LogP contribution is -1.86. The van der Waals surface area contributed by atoms with Crippen molar-refractivity contribution in [3.8, 4) is 11.8 Å². The van der Waals surface area contributed by atoms with Gasteiger partial charge in [0, 0.05) is 24.5 Å². The van der Waals surface area contributed by atoms with Gasteiger partial charge in [-0.2, -0.15) is 0 Å². The number of benzene rings is 1. The van der Waals surface area contributed by atoms with Gasteiger partial charge in [-0.15, -0.1) is 0 Å². The fourth-order valence-corrected chi connectivity index (χ4v) is 2.27. The lowest BCUT2D eigenvalue weighted by atomic mass is 10.1. The smallest absolute Gasteiger partial charge is 0.185 e. The number of aromatic nitrogens is 1. The number of carbonyl (C=O) groups excluding carboxylic acids is 1. The highest BCUT2D eigenvalue weighted by atomic mass is 35.5. The maximum atomic E-state index is 10.8. The number of para-hydroxylation sites is 1. The fourth-order valence-electron chi connectivity index (χ4n) is 1.58. The Kier molecular flexibility index (Phi) is 4.84. The third kappa shape index (κ3) is 3.99. The number of nitrogens with zero attached hydrogens (tertiary/aromatic N) is 1. The van der Waals surface area contributed by atoms with Crippen molar-refractivity contribution in [1.82, 2.24) is 4.98 Å². The summed E-state index contributed by atoms with van der Waals surface area (Å²) >= 11 is 7.38. The summed E-state index contributed by atoms with van der Waals surface area (Å²) < 4.78 is 0. The molecular weight excluding hydrogens is 278 g/mol. The summed E-state index contributed by atoms with van der Waals surface area (Å²) in [6, 6.07) is 9.72. The van der Waals surface area contributed by atoms with Gasteiger partial charge in [-0.3, -0.25) is 4.79 Å². The van der Waals surface area contributed by atoms with Crippen LogP contribution in [0.15, 0.2) is 30.3 Å². The maximum absolute atomic E-state index is 10.8. The molecule has 0 spiro atoms. The third-order valence-corrected chi connectivity index (χ3v) is 3.54. The predicted molar refractivity (Wildman–Crippen MR) is 81.4 cm³/mol. The fraction of sp³-hybridized carbons (Fsp3) is 0.200. The molecule has 2 rings (SSSR count). The standard InChI is InChI=1S/C15H12ClNOS/c1-11(18)19-9-5-4-7-13-10-12-6-2-3-8-14(12)17-15(13)16/h2-3,6,8,10H,5,9H2,1H3. The number of pyridine rings is 1. The minimum absolute atomic E-state index is 0.118. The quantitative estimate of drug-likeness (QED) is 0.477. The number of hydrogen-bond donors (Lipinski definition) is 0. The van der Waals surface area contributed by atoms with Gasteiger partial charge in [0.25, 0.3) is 0 Å². The molecule has 0 bridgehead atoms.